The van der Waals surface area contributed by atoms with Gasteiger partial charge in [0, 0.05) is 11.9 Å². The van der Waals surface area contributed by atoms with E-state index in [1.165, 1.54) is 10.4 Å². The number of amides is 1. The fourth-order valence-corrected chi connectivity index (χ4v) is 2.87. The third-order valence-electron chi connectivity index (χ3n) is 2.95. The van der Waals surface area contributed by atoms with Crippen molar-refractivity contribution in [3.63, 3.8) is 0 Å². The second-order valence-electron chi connectivity index (χ2n) is 4.86. The van der Waals surface area contributed by atoms with E-state index in [1.54, 1.807) is 16.2 Å². The summed E-state index contributed by atoms with van der Waals surface area (Å²) in [5.74, 6) is 0.0205. The topological polar surface area (TPSA) is 46.3 Å². The lowest BCUT2D eigenvalue weighted by molar-refractivity contribution is -0.135. The molecule has 1 unspecified atom stereocenters. The van der Waals surface area contributed by atoms with Crippen LogP contribution in [-0.2, 0) is 11.3 Å². The smallest absolute Gasteiger partial charge is 0.242 e. The lowest BCUT2D eigenvalue weighted by Crippen LogP contribution is -2.51. The van der Waals surface area contributed by atoms with Crippen molar-refractivity contribution in [3.05, 3.63) is 21.9 Å². The van der Waals surface area contributed by atoms with Crippen molar-refractivity contribution in [3.8, 4) is 0 Å². The van der Waals surface area contributed by atoms with Crippen molar-refractivity contribution < 1.29 is 4.79 Å². The molecule has 1 atom stereocenters. The fourth-order valence-electron chi connectivity index (χ4n) is 1.92. The second kappa shape index (κ2) is 5.65. The highest BCUT2D eigenvalue weighted by Crippen LogP contribution is 2.19. The van der Waals surface area contributed by atoms with Gasteiger partial charge in [0.15, 0.2) is 0 Å². The van der Waals surface area contributed by atoms with Crippen LogP contribution in [0.15, 0.2) is 11.4 Å². The number of aryl methyl sites for hydroxylation is 1. The van der Waals surface area contributed by atoms with Crippen LogP contribution in [0.25, 0.3) is 0 Å². The summed E-state index contributed by atoms with van der Waals surface area (Å²) in [5, 5.41) is 2.05. The standard InChI is InChI=1S/C13H22N2OS/c1-5-7-13(3,14)12(16)15(4)9-11-10(2)6-8-17-11/h6,8H,5,7,9,14H2,1-4H3. The van der Waals surface area contributed by atoms with Gasteiger partial charge < -0.3 is 10.6 Å². The van der Waals surface area contributed by atoms with Crippen LogP contribution in [0.5, 0.6) is 0 Å². The van der Waals surface area contributed by atoms with Crippen LogP contribution in [0, 0.1) is 6.92 Å². The van der Waals surface area contributed by atoms with Gasteiger partial charge in [-0.2, -0.15) is 0 Å². The number of rotatable bonds is 5. The number of thiophene rings is 1. The molecule has 0 radical (unpaired) electrons. The Labute approximate surface area is 108 Å². The highest BCUT2D eigenvalue weighted by atomic mass is 32.1. The van der Waals surface area contributed by atoms with Crippen LogP contribution >= 0.6 is 11.3 Å². The Balaban J connectivity index is 2.68. The highest BCUT2D eigenvalue weighted by molar-refractivity contribution is 7.10. The number of hydrogen-bond acceptors (Lipinski definition) is 3. The summed E-state index contributed by atoms with van der Waals surface area (Å²) in [6.45, 7) is 6.58. The number of nitrogens with two attached hydrogens (primary N) is 1. The molecule has 0 saturated carbocycles. The maximum absolute atomic E-state index is 12.2. The van der Waals surface area contributed by atoms with Crippen LogP contribution in [0.1, 0.15) is 37.1 Å². The summed E-state index contributed by atoms with van der Waals surface area (Å²) < 4.78 is 0. The Hall–Kier alpha value is -0.870. The molecule has 1 aromatic rings. The molecule has 1 amide bonds. The zero-order chi connectivity index (χ0) is 13.1. The average molecular weight is 254 g/mol. The van der Waals surface area contributed by atoms with Crippen LogP contribution < -0.4 is 5.73 Å². The third kappa shape index (κ3) is 3.54. The van der Waals surface area contributed by atoms with E-state index in [-0.39, 0.29) is 5.91 Å². The largest absolute Gasteiger partial charge is 0.339 e. The maximum atomic E-state index is 12.2. The molecule has 17 heavy (non-hydrogen) atoms. The van der Waals surface area contributed by atoms with Crippen LogP contribution in [0.2, 0.25) is 0 Å². The Morgan fingerprint density at radius 3 is 2.71 bits per heavy atom. The Bertz CT molecular complexity index is 385. The van der Waals surface area contributed by atoms with Crippen molar-refractivity contribution in [1.29, 1.82) is 0 Å². The molecular formula is C13H22N2OS. The van der Waals surface area contributed by atoms with Gasteiger partial charge in [-0.15, -0.1) is 11.3 Å². The molecule has 0 bridgehead atoms. The zero-order valence-electron chi connectivity index (χ0n) is 11.1. The van der Waals surface area contributed by atoms with E-state index in [9.17, 15) is 4.79 Å². The normalized spacial score (nSPS) is 14.4. The van der Waals surface area contributed by atoms with Gasteiger partial charge in [0.05, 0.1) is 12.1 Å². The lowest BCUT2D eigenvalue weighted by Gasteiger charge is -2.28. The molecule has 0 saturated heterocycles. The summed E-state index contributed by atoms with van der Waals surface area (Å²) in [5.41, 5.74) is 6.55. The first-order chi connectivity index (χ1) is 7.88. The summed E-state index contributed by atoms with van der Waals surface area (Å²) in [7, 11) is 1.82. The molecule has 0 aliphatic rings. The van der Waals surface area contributed by atoms with Gasteiger partial charge in [0.1, 0.15) is 0 Å². The Kier molecular flexibility index (Phi) is 4.71. The summed E-state index contributed by atoms with van der Waals surface area (Å²) in [4.78, 5) is 15.2. The second-order valence-corrected chi connectivity index (χ2v) is 5.86. The molecule has 0 aliphatic heterocycles. The predicted molar refractivity (Wildman–Crippen MR) is 73.0 cm³/mol. The van der Waals surface area contributed by atoms with E-state index in [1.807, 2.05) is 20.9 Å². The van der Waals surface area contributed by atoms with Crippen molar-refractivity contribution in [2.45, 2.75) is 45.7 Å². The lowest BCUT2D eigenvalue weighted by atomic mass is 9.96. The van der Waals surface area contributed by atoms with Gasteiger partial charge in [-0.1, -0.05) is 13.3 Å². The molecule has 3 nitrogen and oxygen atoms in total. The average Bonchev–Trinajstić information content (AvgIpc) is 2.63. The molecule has 1 heterocycles. The maximum Gasteiger partial charge on any atom is 0.242 e. The highest BCUT2D eigenvalue weighted by Gasteiger charge is 2.30. The first kappa shape index (κ1) is 14.2. The molecule has 0 aliphatic carbocycles. The minimum Gasteiger partial charge on any atom is -0.339 e. The minimum atomic E-state index is -0.741. The first-order valence-corrected chi connectivity index (χ1v) is 6.84. The summed E-state index contributed by atoms with van der Waals surface area (Å²) in [6.07, 6.45) is 1.64. The molecule has 0 fully saturated rings. The van der Waals surface area contributed by atoms with E-state index < -0.39 is 5.54 Å². The Morgan fingerprint density at radius 1 is 1.59 bits per heavy atom. The number of carbonyl (C=O) groups is 1. The number of carbonyl (C=O) groups excluding carboxylic acids is 1. The molecule has 0 aromatic carbocycles. The van der Waals surface area contributed by atoms with Crippen molar-refractivity contribution >= 4 is 17.2 Å². The Morgan fingerprint density at radius 2 is 2.24 bits per heavy atom. The molecule has 96 valence electrons. The molecular weight excluding hydrogens is 232 g/mol. The molecule has 0 spiro atoms. The third-order valence-corrected chi connectivity index (χ3v) is 3.96. The van der Waals surface area contributed by atoms with Gasteiger partial charge in [-0.3, -0.25) is 4.79 Å². The van der Waals surface area contributed by atoms with E-state index in [2.05, 4.69) is 18.4 Å². The van der Waals surface area contributed by atoms with E-state index in [0.717, 1.165) is 12.8 Å². The molecule has 1 rings (SSSR count). The summed E-state index contributed by atoms with van der Waals surface area (Å²) in [6, 6.07) is 2.08. The predicted octanol–water partition coefficient (Wildman–Crippen LogP) is 2.53. The van der Waals surface area contributed by atoms with Crippen LogP contribution in [0.4, 0.5) is 0 Å². The van der Waals surface area contributed by atoms with Crippen molar-refractivity contribution in [1.82, 2.24) is 4.90 Å². The van der Waals surface area contributed by atoms with Crippen LogP contribution in [-0.4, -0.2) is 23.4 Å². The number of likely N-dealkylation sites (N-methyl/N-ethyl adjacent to an activating group) is 1. The molecule has 1 aromatic heterocycles. The fraction of sp³-hybridized carbons (Fsp3) is 0.615. The molecule has 2 N–H and O–H groups in total. The SMILES string of the molecule is CCCC(C)(N)C(=O)N(C)Cc1sccc1C. The van der Waals surface area contributed by atoms with Gasteiger partial charge in [-0.05, 0) is 37.3 Å². The number of nitrogens with zero attached hydrogens (tertiary/aromatic N) is 1. The van der Waals surface area contributed by atoms with Gasteiger partial charge in [-0.25, -0.2) is 0 Å². The van der Waals surface area contributed by atoms with Crippen molar-refractivity contribution in [2.75, 3.05) is 7.05 Å². The molecule has 4 heteroatoms. The quantitative estimate of drug-likeness (QED) is 0.877. The van der Waals surface area contributed by atoms with Crippen LogP contribution in [0.3, 0.4) is 0 Å². The van der Waals surface area contributed by atoms with Crippen molar-refractivity contribution in [2.24, 2.45) is 5.73 Å². The van der Waals surface area contributed by atoms with Gasteiger partial charge in [0.25, 0.3) is 0 Å². The van der Waals surface area contributed by atoms with Gasteiger partial charge >= 0.3 is 0 Å². The first-order valence-electron chi connectivity index (χ1n) is 5.96. The monoisotopic (exact) mass is 254 g/mol. The zero-order valence-corrected chi connectivity index (χ0v) is 11.9. The minimum absolute atomic E-state index is 0.0205. The number of hydrogen-bond donors (Lipinski definition) is 1. The van der Waals surface area contributed by atoms with Gasteiger partial charge in [0.2, 0.25) is 5.91 Å². The summed E-state index contributed by atoms with van der Waals surface area (Å²) >= 11 is 1.68. The van der Waals surface area contributed by atoms with E-state index in [4.69, 9.17) is 5.73 Å². The van der Waals surface area contributed by atoms with E-state index in [0.29, 0.717) is 6.54 Å². The van der Waals surface area contributed by atoms with E-state index >= 15 is 0 Å².